The van der Waals surface area contributed by atoms with Gasteiger partial charge in [0.15, 0.2) is 0 Å². The second-order valence-electron chi connectivity index (χ2n) is 4.72. The summed E-state index contributed by atoms with van der Waals surface area (Å²) in [4.78, 5) is 0. The maximum absolute atomic E-state index is 13.9. The molecule has 0 bridgehead atoms. The highest BCUT2D eigenvalue weighted by molar-refractivity contribution is 9.10. The summed E-state index contributed by atoms with van der Waals surface area (Å²) < 4.78 is 20.2. The molecule has 1 atom stereocenters. The van der Waals surface area contributed by atoms with Crippen molar-refractivity contribution in [1.82, 2.24) is 0 Å². The maximum atomic E-state index is 13.9. The normalized spacial score (nSPS) is 12.3. The third-order valence-electron chi connectivity index (χ3n) is 3.29. The fourth-order valence-corrected chi connectivity index (χ4v) is 3.03. The predicted octanol–water partition coefficient (Wildman–Crippen LogP) is 6.08. The van der Waals surface area contributed by atoms with E-state index in [1.54, 1.807) is 19.2 Å². The quantitative estimate of drug-likeness (QED) is 0.573. The Hall–Kier alpha value is -0.770. The summed E-state index contributed by atoms with van der Waals surface area (Å²) in [5, 5.41) is -0.0583. The van der Waals surface area contributed by atoms with Crippen molar-refractivity contribution in [1.29, 1.82) is 0 Å². The second kappa shape index (κ2) is 6.99. The van der Waals surface area contributed by atoms with Gasteiger partial charge in [0.1, 0.15) is 11.6 Å². The zero-order chi connectivity index (χ0) is 15.6. The molecule has 0 aliphatic heterocycles. The topological polar surface area (TPSA) is 9.23 Å². The number of ether oxygens (including phenoxy) is 1. The molecule has 112 valence electrons. The Morgan fingerprint density at radius 1 is 1.33 bits per heavy atom. The first kappa shape index (κ1) is 16.6. The van der Waals surface area contributed by atoms with E-state index in [2.05, 4.69) is 15.9 Å². The molecule has 0 N–H and O–H groups in total. The van der Waals surface area contributed by atoms with Crippen molar-refractivity contribution in [2.45, 2.75) is 18.7 Å². The van der Waals surface area contributed by atoms with Crippen LogP contribution < -0.4 is 4.74 Å². The summed E-state index contributed by atoms with van der Waals surface area (Å²) in [6, 6.07) is 8.42. The Labute approximate surface area is 142 Å². The van der Waals surface area contributed by atoms with Gasteiger partial charge in [-0.1, -0.05) is 33.6 Å². The van der Waals surface area contributed by atoms with Crippen LogP contribution in [0.1, 0.15) is 22.1 Å². The number of halogens is 4. The Kier molecular flexibility index (Phi) is 5.53. The molecule has 0 radical (unpaired) electrons. The number of rotatable bonds is 4. The van der Waals surface area contributed by atoms with Gasteiger partial charge in [-0.3, -0.25) is 0 Å². The fourth-order valence-electron chi connectivity index (χ4n) is 2.11. The minimum atomic E-state index is -0.439. The van der Waals surface area contributed by atoms with E-state index in [0.29, 0.717) is 22.8 Å². The fraction of sp³-hybridized carbons (Fsp3) is 0.250. The van der Waals surface area contributed by atoms with E-state index in [1.165, 1.54) is 6.07 Å². The average Bonchev–Trinajstić information content (AvgIpc) is 2.45. The lowest BCUT2D eigenvalue weighted by Gasteiger charge is -2.17. The van der Waals surface area contributed by atoms with Gasteiger partial charge in [-0.25, -0.2) is 4.39 Å². The van der Waals surface area contributed by atoms with Crippen molar-refractivity contribution >= 4 is 39.1 Å². The molecule has 1 unspecified atom stereocenters. The van der Waals surface area contributed by atoms with Crippen LogP contribution in [0.3, 0.4) is 0 Å². The molecule has 0 aromatic heterocycles. The van der Waals surface area contributed by atoms with E-state index in [-0.39, 0.29) is 5.82 Å². The molecule has 1 nitrogen and oxygen atoms in total. The lowest BCUT2D eigenvalue weighted by Crippen LogP contribution is -2.02. The van der Waals surface area contributed by atoms with Crippen molar-refractivity contribution in [3.63, 3.8) is 0 Å². The van der Waals surface area contributed by atoms with Crippen molar-refractivity contribution in [2.75, 3.05) is 7.11 Å². The number of methoxy groups -OCH3 is 1. The van der Waals surface area contributed by atoms with E-state index >= 15 is 0 Å². The van der Waals surface area contributed by atoms with Gasteiger partial charge in [0.05, 0.1) is 12.5 Å². The van der Waals surface area contributed by atoms with Crippen LogP contribution in [-0.4, -0.2) is 7.11 Å². The number of benzene rings is 2. The highest BCUT2D eigenvalue weighted by Gasteiger charge is 2.19. The summed E-state index contributed by atoms with van der Waals surface area (Å²) in [6.07, 6.45) is 0.291. The molecule has 0 heterocycles. The van der Waals surface area contributed by atoms with Gasteiger partial charge in [-0.05, 0) is 43.2 Å². The Morgan fingerprint density at radius 3 is 2.67 bits per heavy atom. The van der Waals surface area contributed by atoms with Gasteiger partial charge in [0, 0.05) is 20.6 Å². The van der Waals surface area contributed by atoms with Crippen LogP contribution in [0.4, 0.5) is 4.39 Å². The predicted molar refractivity (Wildman–Crippen MR) is 89.1 cm³/mol. The van der Waals surface area contributed by atoms with Crippen LogP contribution in [0.5, 0.6) is 5.75 Å². The molecule has 2 rings (SSSR count). The van der Waals surface area contributed by atoms with Crippen LogP contribution in [0.15, 0.2) is 34.8 Å². The standard InChI is InChI=1S/C16H14BrCl2FO/c1-9-6-16(21-2)11(7-12(9)17)14(19)8-10-13(18)4-3-5-15(10)20/h3-7,14H,8H2,1-2H3. The van der Waals surface area contributed by atoms with Gasteiger partial charge >= 0.3 is 0 Å². The summed E-state index contributed by atoms with van der Waals surface area (Å²) in [6.45, 7) is 1.97. The van der Waals surface area contributed by atoms with Crippen molar-refractivity contribution in [3.8, 4) is 5.75 Å². The average molecular weight is 392 g/mol. The first-order valence-corrected chi connectivity index (χ1v) is 7.95. The van der Waals surface area contributed by atoms with Crippen molar-refractivity contribution in [3.05, 3.63) is 62.3 Å². The molecule has 0 saturated carbocycles. The van der Waals surface area contributed by atoms with Crippen molar-refractivity contribution < 1.29 is 9.13 Å². The van der Waals surface area contributed by atoms with Gasteiger partial charge in [0.2, 0.25) is 0 Å². The third-order valence-corrected chi connectivity index (χ3v) is 4.89. The zero-order valence-corrected chi connectivity index (χ0v) is 14.7. The highest BCUT2D eigenvalue weighted by atomic mass is 79.9. The molecule has 2 aromatic carbocycles. The summed E-state index contributed by atoms with van der Waals surface area (Å²) in [7, 11) is 1.59. The molecule has 5 heteroatoms. The zero-order valence-electron chi connectivity index (χ0n) is 11.6. The molecule has 0 spiro atoms. The lowest BCUT2D eigenvalue weighted by molar-refractivity contribution is 0.408. The largest absolute Gasteiger partial charge is 0.496 e. The molecule has 0 saturated heterocycles. The lowest BCUT2D eigenvalue weighted by atomic mass is 10.0. The molecular formula is C16H14BrCl2FO. The molecule has 21 heavy (non-hydrogen) atoms. The van der Waals surface area contributed by atoms with Gasteiger partial charge in [-0.15, -0.1) is 11.6 Å². The molecule has 0 amide bonds. The van der Waals surface area contributed by atoms with E-state index in [1.807, 2.05) is 19.1 Å². The first-order valence-electron chi connectivity index (χ1n) is 6.35. The molecular weight excluding hydrogens is 378 g/mol. The van der Waals surface area contributed by atoms with E-state index in [4.69, 9.17) is 27.9 Å². The van der Waals surface area contributed by atoms with Crippen LogP contribution in [0, 0.1) is 12.7 Å². The summed E-state index contributed by atoms with van der Waals surface area (Å²) in [5.74, 6) is 0.335. The first-order chi connectivity index (χ1) is 9.93. The number of alkyl halides is 1. The van der Waals surface area contributed by atoms with E-state index < -0.39 is 5.38 Å². The monoisotopic (exact) mass is 390 g/mol. The van der Waals surface area contributed by atoms with Crippen LogP contribution in [0.25, 0.3) is 0 Å². The summed E-state index contributed by atoms with van der Waals surface area (Å²) >= 11 is 16.0. The van der Waals surface area contributed by atoms with Gasteiger partial charge < -0.3 is 4.74 Å². The summed E-state index contributed by atoms with van der Waals surface area (Å²) in [5.41, 5.74) is 2.26. The number of hydrogen-bond donors (Lipinski definition) is 0. The number of hydrogen-bond acceptors (Lipinski definition) is 1. The highest BCUT2D eigenvalue weighted by Crippen LogP contribution is 2.37. The van der Waals surface area contributed by atoms with E-state index in [0.717, 1.165) is 15.6 Å². The van der Waals surface area contributed by atoms with Crippen molar-refractivity contribution in [2.24, 2.45) is 0 Å². The van der Waals surface area contributed by atoms with E-state index in [9.17, 15) is 4.39 Å². The Bertz CT molecular complexity index is 641. The van der Waals surface area contributed by atoms with Crippen LogP contribution >= 0.6 is 39.1 Å². The Balaban J connectivity index is 2.37. The SMILES string of the molecule is COc1cc(C)c(Br)cc1C(Cl)Cc1c(F)cccc1Cl. The third kappa shape index (κ3) is 3.71. The molecule has 0 fully saturated rings. The van der Waals surface area contributed by atoms with Gasteiger partial charge in [-0.2, -0.15) is 0 Å². The van der Waals surface area contributed by atoms with Crippen LogP contribution in [0.2, 0.25) is 5.02 Å². The van der Waals surface area contributed by atoms with Crippen LogP contribution in [-0.2, 0) is 6.42 Å². The Morgan fingerprint density at radius 2 is 2.05 bits per heavy atom. The maximum Gasteiger partial charge on any atom is 0.127 e. The smallest absolute Gasteiger partial charge is 0.127 e. The van der Waals surface area contributed by atoms with Gasteiger partial charge in [0.25, 0.3) is 0 Å². The molecule has 2 aromatic rings. The molecule has 0 aliphatic carbocycles. The molecule has 0 aliphatic rings. The second-order valence-corrected chi connectivity index (χ2v) is 6.50. The minimum absolute atomic E-state index is 0.291. The number of aryl methyl sites for hydroxylation is 1. The minimum Gasteiger partial charge on any atom is -0.496 e.